The maximum Gasteiger partial charge on any atom is -0.153 e. The molecule has 0 radical (unpaired) electrons. The van der Waals surface area contributed by atoms with E-state index in [1.165, 1.54) is 51.4 Å². The molecule has 0 heterocycles. The molecule has 0 spiro atoms. The van der Waals surface area contributed by atoms with Gasteiger partial charge in [0.1, 0.15) is 0 Å². The van der Waals surface area contributed by atoms with Crippen molar-refractivity contribution in [3.8, 4) is 0 Å². The van der Waals surface area contributed by atoms with E-state index in [1.807, 2.05) is 20.8 Å². The molecule has 5 heteroatoms. The first kappa shape index (κ1) is 22.6. The van der Waals surface area contributed by atoms with Crippen LogP contribution in [0.2, 0.25) is 4.22 Å². The third-order valence-electron chi connectivity index (χ3n) is 4.96. The standard InChI is InChI=1S/C13H17.C5H10O2.2CH3O.Ti/c1-3-7-12-10(5-1)9-11-6-2-4-8-13(11)12;1-5(2,3)4(6)7;2*1-2;/h9H,1-8H2;1-3H3,(H,6,7);2*1H3;/q;;2*-1;+3/p-1. The van der Waals surface area contributed by atoms with Crippen molar-refractivity contribution in [3.63, 3.8) is 0 Å². The zero-order valence-electron chi connectivity index (χ0n) is 16.4. The minimum atomic E-state index is -0.695. The average Bonchev–Trinajstić information content (AvgIpc) is 2.96. The van der Waals surface area contributed by atoms with Gasteiger partial charge in [-0.2, -0.15) is 14.2 Å². The Hall–Kier alpha value is -0.416. The smallest absolute Gasteiger partial charge is 0.153 e. The van der Waals surface area contributed by atoms with E-state index in [-0.39, 0.29) is 11.4 Å². The number of hydrogen-bond acceptors (Lipinski definition) is 4. The van der Waals surface area contributed by atoms with Crippen LogP contribution in [0.3, 0.4) is 0 Å². The summed E-state index contributed by atoms with van der Waals surface area (Å²) in [7, 11) is 1.50. The molecule has 0 unspecified atom stereocenters. The van der Waals surface area contributed by atoms with Gasteiger partial charge in [-0.1, -0.05) is 0 Å². The van der Waals surface area contributed by atoms with Gasteiger partial charge in [-0.3, -0.25) is 0 Å². The normalized spacial score (nSPS) is 19.6. The van der Waals surface area contributed by atoms with Crippen LogP contribution in [-0.4, -0.2) is 20.2 Å². The van der Waals surface area contributed by atoms with Gasteiger partial charge >= 0.3 is 138 Å². The molecule has 25 heavy (non-hydrogen) atoms. The molecule has 0 aliphatic heterocycles. The molecule has 0 saturated carbocycles. The van der Waals surface area contributed by atoms with Gasteiger partial charge in [0, 0.05) is 0 Å². The zero-order valence-corrected chi connectivity index (χ0v) is 17.9. The molecule has 0 aromatic rings. The maximum absolute atomic E-state index is 12.1. The average molecular weight is 384 g/mol. The minimum absolute atomic E-state index is 0.00896. The number of allylic oxidation sites excluding steroid dienone is 4. The molecule has 3 rings (SSSR count). The second kappa shape index (κ2) is 10.7. The first-order valence-corrected chi connectivity index (χ1v) is 10.7. The van der Waals surface area contributed by atoms with Crippen LogP contribution >= 0.6 is 0 Å². The van der Waals surface area contributed by atoms with Gasteiger partial charge in [-0.15, -0.1) is 0 Å². The van der Waals surface area contributed by atoms with Gasteiger partial charge in [-0.25, -0.2) is 0 Å². The summed E-state index contributed by atoms with van der Waals surface area (Å²) in [4.78, 5) is 12.1. The van der Waals surface area contributed by atoms with Crippen molar-refractivity contribution >= 4 is 5.97 Å². The van der Waals surface area contributed by atoms with E-state index in [2.05, 4.69) is 0 Å². The SMILES string of the molecule is CC(C)(C)C(=O)[O][Ti+2][CH]1C2=C(CCCC2)C2=C1CCCC2.C[O-].C[O-]. The third-order valence-corrected chi connectivity index (χ3v) is 6.89. The summed E-state index contributed by atoms with van der Waals surface area (Å²) in [6.07, 6.45) is 10.4. The van der Waals surface area contributed by atoms with Gasteiger partial charge in [-0.05, 0) is 0 Å². The molecule has 0 bridgehead atoms. The molecular formula is C20H32O4Ti. The minimum Gasteiger partial charge on any atom is -0.857 e. The Morgan fingerprint density at radius 2 is 1.28 bits per heavy atom. The van der Waals surface area contributed by atoms with Crippen molar-refractivity contribution in [2.45, 2.75) is 76.4 Å². The molecule has 140 valence electrons. The second-order valence-corrected chi connectivity index (χ2v) is 9.20. The predicted molar refractivity (Wildman–Crippen MR) is 92.1 cm³/mol. The summed E-state index contributed by atoms with van der Waals surface area (Å²) < 4.78 is 6.35. The van der Waals surface area contributed by atoms with E-state index in [4.69, 9.17) is 13.5 Å². The van der Waals surface area contributed by atoms with Crippen LogP contribution in [0.1, 0.15) is 72.1 Å². The largest absolute Gasteiger partial charge is 0.857 e. The number of rotatable bonds is 2. The number of fused-ring (bicyclic) bond motifs is 1. The number of carbonyl (C=O) groups is 1. The van der Waals surface area contributed by atoms with E-state index in [1.54, 1.807) is 22.3 Å². The van der Waals surface area contributed by atoms with Crippen LogP contribution in [0.5, 0.6) is 0 Å². The molecule has 0 saturated heterocycles. The van der Waals surface area contributed by atoms with Crippen LogP contribution in [-0.2, 0) is 27.7 Å². The Labute approximate surface area is 162 Å². The molecule has 0 amide bonds. The van der Waals surface area contributed by atoms with Gasteiger partial charge in [0.15, 0.2) is 0 Å². The number of hydrogen-bond donors (Lipinski definition) is 0. The Balaban J connectivity index is 0.000000730. The third kappa shape index (κ3) is 5.53. The fraction of sp³-hybridized carbons (Fsp3) is 0.750. The van der Waals surface area contributed by atoms with Gasteiger partial charge < -0.3 is 10.2 Å². The summed E-state index contributed by atoms with van der Waals surface area (Å²) in [6.45, 7) is 5.85. The van der Waals surface area contributed by atoms with Crippen molar-refractivity contribution in [3.05, 3.63) is 22.3 Å². The predicted octanol–water partition coefficient (Wildman–Crippen LogP) is 3.07. The molecule has 0 atom stereocenters. The summed E-state index contributed by atoms with van der Waals surface area (Å²) in [5.41, 5.74) is 6.37. The van der Waals surface area contributed by atoms with Crippen molar-refractivity contribution in [2.75, 3.05) is 14.2 Å². The summed E-state index contributed by atoms with van der Waals surface area (Å²) in [5, 5.41) is 16.5. The van der Waals surface area contributed by atoms with Crippen molar-refractivity contribution in [1.82, 2.24) is 0 Å². The molecule has 3 aliphatic carbocycles. The van der Waals surface area contributed by atoms with E-state index in [9.17, 15) is 4.79 Å². The second-order valence-electron chi connectivity index (χ2n) is 7.61. The molecule has 0 aromatic heterocycles. The van der Waals surface area contributed by atoms with Gasteiger partial charge in [0.2, 0.25) is 0 Å². The Kier molecular flexibility index (Phi) is 9.65. The molecule has 0 fully saturated rings. The topological polar surface area (TPSA) is 72.4 Å². The zero-order chi connectivity index (χ0) is 19.0. The molecular weight excluding hydrogens is 352 g/mol. The van der Waals surface area contributed by atoms with Crippen molar-refractivity contribution < 1.29 is 37.9 Å². The van der Waals surface area contributed by atoms with E-state index >= 15 is 0 Å². The molecule has 3 aliphatic rings. The monoisotopic (exact) mass is 384 g/mol. The summed E-state index contributed by atoms with van der Waals surface area (Å²) in [6, 6.07) is 0. The summed E-state index contributed by atoms with van der Waals surface area (Å²) in [5.74, 6) is -0.00896. The van der Waals surface area contributed by atoms with Crippen molar-refractivity contribution in [1.29, 1.82) is 0 Å². The molecule has 0 aromatic carbocycles. The van der Waals surface area contributed by atoms with Crippen LogP contribution in [0.25, 0.3) is 0 Å². The number of carbonyl (C=O) groups excluding carboxylic acids is 1. The fourth-order valence-corrected chi connectivity index (χ4v) is 6.07. The fourth-order valence-electron chi connectivity index (χ4n) is 3.80. The van der Waals surface area contributed by atoms with E-state index in [0.717, 1.165) is 14.2 Å². The quantitative estimate of drug-likeness (QED) is 0.686. The first-order valence-electron chi connectivity index (χ1n) is 9.21. The molecule has 0 N–H and O–H groups in total. The van der Waals surface area contributed by atoms with Gasteiger partial charge in [0.25, 0.3) is 0 Å². The Bertz CT molecular complexity index is 482. The van der Waals surface area contributed by atoms with E-state index < -0.39 is 19.5 Å². The Morgan fingerprint density at radius 3 is 1.68 bits per heavy atom. The van der Waals surface area contributed by atoms with Crippen LogP contribution in [0.4, 0.5) is 0 Å². The van der Waals surface area contributed by atoms with Crippen LogP contribution in [0.15, 0.2) is 22.3 Å². The van der Waals surface area contributed by atoms with Crippen LogP contribution < -0.4 is 10.2 Å². The van der Waals surface area contributed by atoms with Gasteiger partial charge in [0.05, 0.1) is 0 Å². The molecule has 4 nitrogen and oxygen atoms in total. The first-order chi connectivity index (χ1) is 12.0. The Morgan fingerprint density at radius 1 is 0.880 bits per heavy atom. The maximum atomic E-state index is 12.1. The van der Waals surface area contributed by atoms with Crippen LogP contribution in [0, 0.1) is 5.41 Å². The summed E-state index contributed by atoms with van der Waals surface area (Å²) >= 11 is -0.695. The van der Waals surface area contributed by atoms with E-state index in [0.29, 0.717) is 4.22 Å². The van der Waals surface area contributed by atoms with Crippen molar-refractivity contribution in [2.24, 2.45) is 5.41 Å².